The Balaban J connectivity index is 3.67. The topological polar surface area (TPSA) is 71.4 Å². The van der Waals surface area contributed by atoms with Crippen molar-refractivity contribution in [3.63, 3.8) is 0 Å². The lowest BCUT2D eigenvalue weighted by atomic mass is 9.95. The van der Waals surface area contributed by atoms with Crippen LogP contribution in [0.4, 0.5) is 0 Å². The fourth-order valence-electron chi connectivity index (χ4n) is 1.46. The van der Waals surface area contributed by atoms with Crippen molar-refractivity contribution in [3.8, 4) is 18.2 Å². The Hall–Kier alpha value is -3.05. The largest absolute Gasteiger partial charge is 0.192 e. The predicted molar refractivity (Wildman–Crippen MR) is 67.5 cm³/mol. The minimum absolute atomic E-state index is 0.0906. The van der Waals surface area contributed by atoms with Gasteiger partial charge < -0.3 is 0 Å². The van der Waals surface area contributed by atoms with E-state index in [9.17, 15) is 0 Å². The van der Waals surface area contributed by atoms with Crippen LogP contribution >= 0.6 is 0 Å². The quantitative estimate of drug-likeness (QED) is 0.446. The van der Waals surface area contributed by atoms with Gasteiger partial charge >= 0.3 is 0 Å². The summed E-state index contributed by atoms with van der Waals surface area (Å²) in [6, 6.07) is 14.5. The molecule has 0 atom stereocenters. The Labute approximate surface area is 106 Å². The fourth-order valence-corrected chi connectivity index (χ4v) is 1.46. The van der Waals surface area contributed by atoms with Crippen LogP contribution < -0.4 is 0 Å². The third-order valence-corrected chi connectivity index (χ3v) is 2.19. The molecule has 0 fully saturated rings. The van der Waals surface area contributed by atoms with E-state index in [2.05, 4.69) is 5.73 Å². The van der Waals surface area contributed by atoms with Crippen LogP contribution in [0, 0.1) is 34.0 Å². The molecule has 0 aliphatic rings. The van der Waals surface area contributed by atoms with Crippen molar-refractivity contribution in [2.45, 2.75) is 6.92 Å². The van der Waals surface area contributed by atoms with Crippen LogP contribution in [-0.2, 0) is 0 Å². The van der Waals surface area contributed by atoms with Gasteiger partial charge in [0.1, 0.15) is 29.4 Å². The average molecular weight is 231 g/mol. The van der Waals surface area contributed by atoms with Gasteiger partial charge in [-0.3, -0.25) is 0 Å². The first-order chi connectivity index (χ1) is 8.78. The van der Waals surface area contributed by atoms with Crippen LogP contribution in [-0.4, -0.2) is 0 Å². The van der Waals surface area contributed by atoms with E-state index < -0.39 is 0 Å². The molecule has 18 heavy (non-hydrogen) atoms. The molecule has 0 amide bonds. The second kappa shape index (κ2) is 6.51. The summed E-state index contributed by atoms with van der Waals surface area (Å²) in [5.41, 5.74) is 3.82. The molecule has 84 valence electrons. The summed E-state index contributed by atoms with van der Waals surface area (Å²) in [5.74, 6) is 0. The van der Waals surface area contributed by atoms with Crippen LogP contribution in [0.2, 0.25) is 0 Å². The standard InChI is InChI=1S/C15H9N3/c1-2-6-13(9-16)15(14(10-17)11-18)12-7-4-3-5-8-12/h2-5,7-8H,1H3. The maximum Gasteiger partial charge on any atom is 0.139 e. The third-order valence-electron chi connectivity index (χ3n) is 2.19. The van der Waals surface area contributed by atoms with E-state index in [-0.39, 0.29) is 11.1 Å². The maximum atomic E-state index is 9.11. The van der Waals surface area contributed by atoms with Crippen LogP contribution in [0.1, 0.15) is 12.5 Å². The highest BCUT2D eigenvalue weighted by atomic mass is 14.3. The van der Waals surface area contributed by atoms with Gasteiger partial charge in [-0.05, 0) is 18.6 Å². The molecular weight excluding hydrogens is 222 g/mol. The highest BCUT2D eigenvalue weighted by Crippen LogP contribution is 2.25. The van der Waals surface area contributed by atoms with Gasteiger partial charge in [0.25, 0.3) is 0 Å². The summed E-state index contributed by atoms with van der Waals surface area (Å²) in [6.45, 7) is 1.72. The molecule has 3 nitrogen and oxygen atoms in total. The van der Waals surface area contributed by atoms with Crippen molar-refractivity contribution in [1.82, 2.24) is 0 Å². The monoisotopic (exact) mass is 231 g/mol. The van der Waals surface area contributed by atoms with E-state index in [1.807, 2.05) is 24.3 Å². The fraction of sp³-hybridized carbons (Fsp3) is 0.0667. The van der Waals surface area contributed by atoms with Crippen molar-refractivity contribution >= 4 is 5.57 Å². The second-order valence-electron chi connectivity index (χ2n) is 3.26. The van der Waals surface area contributed by atoms with Gasteiger partial charge in [0.2, 0.25) is 0 Å². The SMILES string of the molecule is CC=C=C(C#N)C(=C(C#N)C#N)c1ccccc1. The minimum Gasteiger partial charge on any atom is -0.192 e. The maximum absolute atomic E-state index is 9.11. The molecule has 1 aromatic rings. The number of allylic oxidation sites excluding steroid dienone is 3. The Morgan fingerprint density at radius 2 is 1.61 bits per heavy atom. The molecule has 0 saturated heterocycles. The Bertz CT molecular complexity index is 636. The molecule has 0 spiro atoms. The summed E-state index contributed by atoms with van der Waals surface area (Å²) in [7, 11) is 0. The minimum atomic E-state index is -0.0906. The van der Waals surface area contributed by atoms with Crippen LogP contribution in [0.5, 0.6) is 0 Å². The van der Waals surface area contributed by atoms with Gasteiger partial charge in [-0.1, -0.05) is 30.3 Å². The molecular formula is C15H9N3. The Morgan fingerprint density at radius 1 is 1.00 bits per heavy atom. The van der Waals surface area contributed by atoms with E-state index in [1.165, 1.54) is 0 Å². The Kier molecular flexibility index (Phi) is 4.71. The summed E-state index contributed by atoms with van der Waals surface area (Å²) in [6.07, 6.45) is 1.58. The number of hydrogen-bond donors (Lipinski definition) is 0. The van der Waals surface area contributed by atoms with Crippen molar-refractivity contribution in [2.75, 3.05) is 0 Å². The lowest BCUT2D eigenvalue weighted by molar-refractivity contribution is 1.44. The third kappa shape index (κ3) is 2.75. The summed E-state index contributed by atoms with van der Waals surface area (Å²) >= 11 is 0. The molecule has 1 rings (SSSR count). The molecule has 0 bridgehead atoms. The number of nitriles is 3. The second-order valence-corrected chi connectivity index (χ2v) is 3.26. The number of nitrogens with zero attached hydrogens (tertiary/aromatic N) is 3. The van der Waals surface area contributed by atoms with Gasteiger partial charge in [0, 0.05) is 5.57 Å². The normalized spacial score (nSPS) is 7.89. The van der Waals surface area contributed by atoms with Crippen molar-refractivity contribution < 1.29 is 0 Å². The average Bonchev–Trinajstić information content (AvgIpc) is 2.43. The molecule has 0 aliphatic heterocycles. The van der Waals surface area contributed by atoms with Gasteiger partial charge in [-0.25, -0.2) is 0 Å². The molecule has 0 aliphatic carbocycles. The van der Waals surface area contributed by atoms with Crippen molar-refractivity contribution in [2.24, 2.45) is 0 Å². The van der Waals surface area contributed by atoms with E-state index in [1.54, 1.807) is 37.3 Å². The van der Waals surface area contributed by atoms with Gasteiger partial charge in [-0.15, -0.1) is 5.73 Å². The van der Waals surface area contributed by atoms with Crippen LogP contribution in [0.15, 0.2) is 53.3 Å². The molecule has 0 radical (unpaired) electrons. The zero-order chi connectivity index (χ0) is 13.4. The lowest BCUT2D eigenvalue weighted by Crippen LogP contribution is -1.92. The van der Waals surface area contributed by atoms with Crippen molar-refractivity contribution in [3.05, 3.63) is 58.8 Å². The zero-order valence-corrected chi connectivity index (χ0v) is 9.81. The predicted octanol–water partition coefficient (Wildman–Crippen LogP) is 3.11. The van der Waals surface area contributed by atoms with Crippen LogP contribution in [0.3, 0.4) is 0 Å². The van der Waals surface area contributed by atoms with E-state index in [0.29, 0.717) is 11.1 Å². The zero-order valence-electron chi connectivity index (χ0n) is 9.81. The molecule has 0 heterocycles. The number of hydrogen-bond acceptors (Lipinski definition) is 3. The molecule has 0 aromatic heterocycles. The summed E-state index contributed by atoms with van der Waals surface area (Å²) < 4.78 is 0. The Morgan fingerprint density at radius 3 is 2.06 bits per heavy atom. The van der Waals surface area contributed by atoms with Gasteiger partial charge in [-0.2, -0.15) is 15.8 Å². The molecule has 0 saturated carbocycles. The molecule has 1 aromatic carbocycles. The van der Waals surface area contributed by atoms with Crippen LogP contribution in [0.25, 0.3) is 5.57 Å². The first-order valence-electron chi connectivity index (χ1n) is 5.20. The summed E-state index contributed by atoms with van der Waals surface area (Å²) in [5, 5.41) is 27.1. The molecule has 3 heteroatoms. The van der Waals surface area contributed by atoms with Crippen molar-refractivity contribution in [1.29, 1.82) is 15.8 Å². The van der Waals surface area contributed by atoms with E-state index in [4.69, 9.17) is 15.8 Å². The first kappa shape index (κ1) is 13.0. The number of rotatable bonds is 2. The number of benzene rings is 1. The van der Waals surface area contributed by atoms with E-state index in [0.717, 1.165) is 0 Å². The van der Waals surface area contributed by atoms with Gasteiger partial charge in [0.05, 0.1) is 0 Å². The summed E-state index contributed by atoms with van der Waals surface area (Å²) in [4.78, 5) is 0. The van der Waals surface area contributed by atoms with E-state index >= 15 is 0 Å². The van der Waals surface area contributed by atoms with Gasteiger partial charge in [0.15, 0.2) is 0 Å². The molecule has 0 unspecified atom stereocenters. The lowest BCUT2D eigenvalue weighted by Gasteiger charge is -2.04. The smallest absolute Gasteiger partial charge is 0.139 e. The highest BCUT2D eigenvalue weighted by molar-refractivity contribution is 5.88. The highest BCUT2D eigenvalue weighted by Gasteiger charge is 2.13. The first-order valence-corrected chi connectivity index (χ1v) is 5.20. The molecule has 0 N–H and O–H groups in total.